The van der Waals surface area contributed by atoms with Crippen LogP contribution in [0.25, 0.3) is 0 Å². The van der Waals surface area contributed by atoms with Crippen LogP contribution in [0.4, 0.5) is 0 Å². The quantitative estimate of drug-likeness (QED) is 0.695. The zero-order valence-electron chi connectivity index (χ0n) is 11.1. The summed E-state index contributed by atoms with van der Waals surface area (Å²) in [6, 6.07) is 0.663. The predicted molar refractivity (Wildman–Crippen MR) is 68.7 cm³/mol. The Morgan fingerprint density at radius 3 is 2.62 bits per heavy atom. The molecule has 0 amide bonds. The van der Waals surface area contributed by atoms with Gasteiger partial charge >= 0.3 is 0 Å². The minimum Gasteiger partial charge on any atom is -0.394 e. The van der Waals surface area contributed by atoms with Gasteiger partial charge in [-0.05, 0) is 45.3 Å². The lowest BCUT2D eigenvalue weighted by Crippen LogP contribution is -2.48. The van der Waals surface area contributed by atoms with E-state index in [4.69, 9.17) is 0 Å². The third-order valence-electron chi connectivity index (χ3n) is 3.87. The van der Waals surface area contributed by atoms with E-state index in [2.05, 4.69) is 31.0 Å². The lowest BCUT2D eigenvalue weighted by Gasteiger charge is -2.31. The molecule has 2 atom stereocenters. The Labute approximate surface area is 100 Å². The van der Waals surface area contributed by atoms with Crippen molar-refractivity contribution in [3.8, 4) is 0 Å². The molecule has 0 heterocycles. The van der Waals surface area contributed by atoms with Crippen molar-refractivity contribution in [3.05, 3.63) is 0 Å². The largest absolute Gasteiger partial charge is 0.394 e. The van der Waals surface area contributed by atoms with E-state index in [0.29, 0.717) is 6.04 Å². The Kier molecular flexibility index (Phi) is 5.73. The SMILES string of the molecule is CCCN(CC)C1CCC(CO)(NCC)C1. The van der Waals surface area contributed by atoms with E-state index in [-0.39, 0.29) is 12.1 Å². The minimum atomic E-state index is 0.000574. The molecule has 1 aliphatic rings. The number of hydrogen-bond acceptors (Lipinski definition) is 3. The first-order chi connectivity index (χ1) is 7.71. The zero-order valence-corrected chi connectivity index (χ0v) is 11.1. The summed E-state index contributed by atoms with van der Waals surface area (Å²) in [5, 5.41) is 13.1. The van der Waals surface area contributed by atoms with Crippen molar-refractivity contribution in [2.24, 2.45) is 0 Å². The van der Waals surface area contributed by atoms with Crippen molar-refractivity contribution in [1.82, 2.24) is 10.2 Å². The molecule has 0 radical (unpaired) electrons. The summed E-state index contributed by atoms with van der Waals surface area (Å²) >= 11 is 0. The van der Waals surface area contributed by atoms with Gasteiger partial charge in [0.15, 0.2) is 0 Å². The molecule has 1 saturated carbocycles. The monoisotopic (exact) mass is 228 g/mol. The molecular formula is C13H28N2O. The van der Waals surface area contributed by atoms with Crippen LogP contribution in [0.3, 0.4) is 0 Å². The van der Waals surface area contributed by atoms with Crippen LogP contribution >= 0.6 is 0 Å². The van der Waals surface area contributed by atoms with Crippen LogP contribution < -0.4 is 5.32 Å². The highest BCUT2D eigenvalue weighted by Crippen LogP contribution is 2.32. The molecule has 16 heavy (non-hydrogen) atoms. The maximum Gasteiger partial charge on any atom is 0.0613 e. The minimum absolute atomic E-state index is 0.000574. The summed E-state index contributed by atoms with van der Waals surface area (Å²) in [6.45, 7) is 10.1. The van der Waals surface area contributed by atoms with Crippen LogP contribution in [-0.4, -0.2) is 47.8 Å². The number of rotatable bonds is 7. The summed E-state index contributed by atoms with van der Waals surface area (Å²) in [5.74, 6) is 0. The fourth-order valence-electron chi connectivity index (χ4n) is 3.03. The lowest BCUT2D eigenvalue weighted by molar-refractivity contribution is 0.146. The van der Waals surface area contributed by atoms with Gasteiger partial charge in [0, 0.05) is 11.6 Å². The van der Waals surface area contributed by atoms with E-state index in [9.17, 15) is 5.11 Å². The number of nitrogens with zero attached hydrogens (tertiary/aromatic N) is 1. The smallest absolute Gasteiger partial charge is 0.0613 e. The van der Waals surface area contributed by atoms with Crippen molar-refractivity contribution in [1.29, 1.82) is 0 Å². The number of aliphatic hydroxyl groups excluding tert-OH is 1. The van der Waals surface area contributed by atoms with Gasteiger partial charge in [0.1, 0.15) is 0 Å². The fraction of sp³-hybridized carbons (Fsp3) is 1.00. The number of likely N-dealkylation sites (N-methyl/N-ethyl adjacent to an activating group) is 1. The molecule has 3 heteroatoms. The zero-order chi connectivity index (χ0) is 12.0. The van der Waals surface area contributed by atoms with Crippen LogP contribution in [0.2, 0.25) is 0 Å². The van der Waals surface area contributed by atoms with E-state index in [1.54, 1.807) is 0 Å². The van der Waals surface area contributed by atoms with Crippen molar-refractivity contribution in [2.75, 3.05) is 26.2 Å². The lowest BCUT2D eigenvalue weighted by atomic mass is 9.98. The second kappa shape index (κ2) is 6.58. The molecule has 0 aliphatic heterocycles. The summed E-state index contributed by atoms with van der Waals surface area (Å²) < 4.78 is 0. The molecule has 0 aromatic carbocycles. The molecule has 1 fully saturated rings. The highest BCUT2D eigenvalue weighted by atomic mass is 16.3. The third-order valence-corrected chi connectivity index (χ3v) is 3.87. The van der Waals surface area contributed by atoms with Crippen molar-refractivity contribution < 1.29 is 5.11 Å². The molecule has 2 unspecified atom stereocenters. The topological polar surface area (TPSA) is 35.5 Å². The normalized spacial score (nSPS) is 30.2. The first-order valence-corrected chi connectivity index (χ1v) is 6.81. The van der Waals surface area contributed by atoms with E-state index in [1.165, 1.54) is 19.4 Å². The summed E-state index contributed by atoms with van der Waals surface area (Å²) in [6.07, 6.45) is 4.66. The Bertz CT molecular complexity index is 198. The molecular weight excluding hydrogens is 200 g/mol. The van der Waals surface area contributed by atoms with E-state index < -0.39 is 0 Å². The molecule has 0 aromatic rings. The Morgan fingerprint density at radius 2 is 2.12 bits per heavy atom. The maximum atomic E-state index is 9.57. The molecule has 1 rings (SSSR count). The Morgan fingerprint density at radius 1 is 1.38 bits per heavy atom. The number of hydrogen-bond donors (Lipinski definition) is 2. The molecule has 0 bridgehead atoms. The van der Waals surface area contributed by atoms with Crippen LogP contribution in [0.5, 0.6) is 0 Å². The van der Waals surface area contributed by atoms with Gasteiger partial charge in [-0.2, -0.15) is 0 Å². The van der Waals surface area contributed by atoms with Crippen LogP contribution in [0, 0.1) is 0 Å². The fourth-order valence-corrected chi connectivity index (χ4v) is 3.03. The van der Waals surface area contributed by atoms with E-state index in [0.717, 1.165) is 25.9 Å². The van der Waals surface area contributed by atoms with Gasteiger partial charge < -0.3 is 15.3 Å². The second-order valence-electron chi connectivity index (χ2n) is 4.99. The molecule has 2 N–H and O–H groups in total. The van der Waals surface area contributed by atoms with Crippen LogP contribution in [-0.2, 0) is 0 Å². The van der Waals surface area contributed by atoms with E-state index >= 15 is 0 Å². The molecule has 3 nitrogen and oxygen atoms in total. The average Bonchev–Trinajstić information content (AvgIpc) is 2.71. The van der Waals surface area contributed by atoms with Gasteiger partial charge in [-0.1, -0.05) is 20.8 Å². The molecule has 0 saturated heterocycles. The standard InChI is InChI=1S/C13H28N2O/c1-4-9-15(6-3)12-7-8-13(10-12,11-16)14-5-2/h12,14,16H,4-11H2,1-3H3. The molecule has 1 aliphatic carbocycles. The highest BCUT2D eigenvalue weighted by molar-refractivity contribution is 4.99. The van der Waals surface area contributed by atoms with Crippen molar-refractivity contribution in [2.45, 2.75) is 58.0 Å². The second-order valence-corrected chi connectivity index (χ2v) is 4.99. The summed E-state index contributed by atoms with van der Waals surface area (Å²) in [7, 11) is 0. The first kappa shape index (κ1) is 13.9. The third kappa shape index (κ3) is 3.19. The van der Waals surface area contributed by atoms with Gasteiger partial charge in [0.25, 0.3) is 0 Å². The molecule has 0 spiro atoms. The van der Waals surface area contributed by atoms with Gasteiger partial charge in [-0.3, -0.25) is 0 Å². The van der Waals surface area contributed by atoms with Gasteiger partial charge in [-0.15, -0.1) is 0 Å². The van der Waals surface area contributed by atoms with Crippen LogP contribution in [0.15, 0.2) is 0 Å². The summed E-state index contributed by atoms with van der Waals surface area (Å²) in [5.41, 5.74) is 0.000574. The number of aliphatic hydroxyl groups is 1. The molecule has 0 aromatic heterocycles. The van der Waals surface area contributed by atoms with Crippen LogP contribution in [0.1, 0.15) is 46.5 Å². The van der Waals surface area contributed by atoms with E-state index in [1.807, 2.05) is 0 Å². The highest BCUT2D eigenvalue weighted by Gasteiger charge is 2.39. The first-order valence-electron chi connectivity index (χ1n) is 6.81. The maximum absolute atomic E-state index is 9.57. The Hall–Kier alpha value is -0.120. The molecule has 96 valence electrons. The Balaban J connectivity index is 2.54. The summed E-state index contributed by atoms with van der Waals surface area (Å²) in [4.78, 5) is 2.56. The predicted octanol–water partition coefficient (Wildman–Crippen LogP) is 1.61. The van der Waals surface area contributed by atoms with Crippen molar-refractivity contribution in [3.63, 3.8) is 0 Å². The number of nitrogens with one attached hydrogen (secondary N) is 1. The average molecular weight is 228 g/mol. The van der Waals surface area contributed by atoms with Gasteiger partial charge in [0.05, 0.1) is 6.61 Å². The van der Waals surface area contributed by atoms with Crippen molar-refractivity contribution >= 4 is 0 Å². The van der Waals surface area contributed by atoms with Gasteiger partial charge in [-0.25, -0.2) is 0 Å². The van der Waals surface area contributed by atoms with Gasteiger partial charge in [0.2, 0.25) is 0 Å².